The van der Waals surface area contributed by atoms with Crippen molar-refractivity contribution in [2.75, 3.05) is 0 Å². The SMILES string of the molecule is O=C(O)C(=O)c1cc(Cl)sc1Cl. The second-order valence-electron chi connectivity index (χ2n) is 1.87. The highest BCUT2D eigenvalue weighted by molar-refractivity contribution is 7.20. The van der Waals surface area contributed by atoms with Gasteiger partial charge in [0.15, 0.2) is 0 Å². The van der Waals surface area contributed by atoms with Gasteiger partial charge in [0.1, 0.15) is 4.34 Å². The third-order valence-corrected chi connectivity index (χ3v) is 2.58. The van der Waals surface area contributed by atoms with Crippen LogP contribution in [0.1, 0.15) is 10.4 Å². The van der Waals surface area contributed by atoms with E-state index in [4.69, 9.17) is 28.3 Å². The van der Waals surface area contributed by atoms with Crippen LogP contribution in [0.5, 0.6) is 0 Å². The first-order valence-corrected chi connectivity index (χ1v) is 4.32. The third kappa shape index (κ3) is 1.77. The summed E-state index contributed by atoms with van der Waals surface area (Å²) in [4.78, 5) is 21.1. The van der Waals surface area contributed by atoms with Gasteiger partial charge >= 0.3 is 5.97 Å². The van der Waals surface area contributed by atoms with Crippen molar-refractivity contribution >= 4 is 46.3 Å². The van der Waals surface area contributed by atoms with E-state index in [0.29, 0.717) is 4.34 Å². The van der Waals surface area contributed by atoms with Crippen molar-refractivity contribution in [2.24, 2.45) is 0 Å². The number of aliphatic carboxylic acids is 1. The Balaban J connectivity index is 3.11. The molecule has 12 heavy (non-hydrogen) atoms. The number of carbonyl (C=O) groups is 2. The van der Waals surface area contributed by atoms with Crippen molar-refractivity contribution in [2.45, 2.75) is 0 Å². The number of hydrogen-bond acceptors (Lipinski definition) is 3. The fourth-order valence-corrected chi connectivity index (χ4v) is 2.07. The van der Waals surface area contributed by atoms with E-state index in [0.717, 1.165) is 11.3 Å². The van der Waals surface area contributed by atoms with Crippen molar-refractivity contribution in [1.29, 1.82) is 0 Å². The van der Waals surface area contributed by atoms with Crippen molar-refractivity contribution in [3.63, 3.8) is 0 Å². The van der Waals surface area contributed by atoms with Gasteiger partial charge in [-0.15, -0.1) is 11.3 Å². The molecule has 6 heteroatoms. The van der Waals surface area contributed by atoms with E-state index in [1.807, 2.05) is 0 Å². The minimum absolute atomic E-state index is 0.0563. The average Bonchev–Trinajstić information content (AvgIpc) is 2.28. The Kier molecular flexibility index (Phi) is 2.72. The van der Waals surface area contributed by atoms with Crippen molar-refractivity contribution in [3.05, 3.63) is 20.3 Å². The molecular weight excluding hydrogens is 223 g/mol. The zero-order valence-corrected chi connectivity index (χ0v) is 7.83. The van der Waals surface area contributed by atoms with Crippen LogP contribution < -0.4 is 0 Å². The lowest BCUT2D eigenvalue weighted by atomic mass is 10.2. The Labute approximate surface area is 81.5 Å². The summed E-state index contributed by atoms with van der Waals surface area (Å²) in [5.74, 6) is -2.57. The molecule has 1 N–H and O–H groups in total. The lowest BCUT2D eigenvalue weighted by Gasteiger charge is -1.88. The zero-order valence-electron chi connectivity index (χ0n) is 5.51. The molecule has 0 unspecified atom stereocenters. The van der Waals surface area contributed by atoms with E-state index in [1.54, 1.807) is 0 Å². The van der Waals surface area contributed by atoms with E-state index < -0.39 is 11.8 Å². The summed E-state index contributed by atoms with van der Waals surface area (Å²) in [5, 5.41) is 8.32. The van der Waals surface area contributed by atoms with Crippen LogP contribution in [0.2, 0.25) is 8.67 Å². The number of carboxylic acid groups (broad SMARTS) is 1. The second kappa shape index (κ2) is 3.43. The molecule has 1 heterocycles. The Hall–Kier alpha value is -0.580. The maximum Gasteiger partial charge on any atom is 0.377 e. The molecule has 0 saturated carbocycles. The van der Waals surface area contributed by atoms with Crippen LogP contribution in [0, 0.1) is 0 Å². The summed E-state index contributed by atoms with van der Waals surface area (Å²) in [7, 11) is 0. The molecule has 1 aromatic heterocycles. The van der Waals surface area contributed by atoms with Gasteiger partial charge in [0.05, 0.1) is 9.90 Å². The summed E-state index contributed by atoms with van der Waals surface area (Å²) >= 11 is 12.0. The van der Waals surface area contributed by atoms with Crippen LogP contribution in [0.25, 0.3) is 0 Å². The Morgan fingerprint density at radius 2 is 2.00 bits per heavy atom. The Bertz CT molecular complexity index is 345. The van der Waals surface area contributed by atoms with Gasteiger partial charge in [0.2, 0.25) is 0 Å². The lowest BCUT2D eigenvalue weighted by molar-refractivity contribution is -0.131. The molecule has 0 spiro atoms. The third-order valence-electron chi connectivity index (χ3n) is 1.10. The summed E-state index contributed by atoms with van der Waals surface area (Å²) in [6.45, 7) is 0. The topological polar surface area (TPSA) is 54.4 Å². The van der Waals surface area contributed by atoms with Crippen molar-refractivity contribution < 1.29 is 14.7 Å². The molecular formula is C6H2Cl2O3S. The van der Waals surface area contributed by atoms with E-state index in [-0.39, 0.29) is 9.90 Å². The largest absolute Gasteiger partial charge is 0.475 e. The number of ketones is 1. The molecule has 0 atom stereocenters. The van der Waals surface area contributed by atoms with E-state index in [2.05, 4.69) is 0 Å². The fourth-order valence-electron chi connectivity index (χ4n) is 0.610. The molecule has 1 aromatic rings. The normalized spacial score (nSPS) is 9.83. The highest BCUT2D eigenvalue weighted by Gasteiger charge is 2.20. The highest BCUT2D eigenvalue weighted by atomic mass is 35.5. The summed E-state index contributed by atoms with van der Waals surface area (Å²) < 4.78 is 0.400. The number of carbonyl (C=O) groups excluding carboxylic acids is 1. The van der Waals surface area contributed by atoms with Crippen molar-refractivity contribution in [1.82, 2.24) is 0 Å². The van der Waals surface area contributed by atoms with E-state index >= 15 is 0 Å². The minimum Gasteiger partial charge on any atom is -0.475 e. The lowest BCUT2D eigenvalue weighted by Crippen LogP contribution is -2.11. The smallest absolute Gasteiger partial charge is 0.377 e. The monoisotopic (exact) mass is 224 g/mol. The number of halogens is 2. The standard InChI is InChI=1S/C6H2Cl2O3S/c7-3-1-2(5(8)12-3)4(9)6(10)11/h1H,(H,10,11). The summed E-state index contributed by atoms with van der Waals surface area (Å²) in [6, 6.07) is 1.24. The Morgan fingerprint density at radius 3 is 2.33 bits per heavy atom. The fraction of sp³-hybridized carbons (Fsp3) is 0. The molecule has 64 valence electrons. The quantitative estimate of drug-likeness (QED) is 0.620. The number of Topliss-reactive ketones (excluding diaryl/α,β-unsaturated/α-hetero) is 1. The van der Waals surface area contributed by atoms with Crippen LogP contribution in [-0.4, -0.2) is 16.9 Å². The summed E-state index contributed by atoms with van der Waals surface area (Å²) in [6.07, 6.45) is 0. The van der Waals surface area contributed by atoms with Gasteiger partial charge in [-0.25, -0.2) is 4.79 Å². The van der Waals surface area contributed by atoms with Gasteiger partial charge in [-0.1, -0.05) is 23.2 Å². The predicted octanol–water partition coefficient (Wildman–Crippen LogP) is 2.32. The van der Waals surface area contributed by atoms with E-state index in [1.165, 1.54) is 6.07 Å². The first kappa shape index (κ1) is 9.51. The molecule has 0 aliphatic heterocycles. The van der Waals surface area contributed by atoms with Crippen molar-refractivity contribution in [3.8, 4) is 0 Å². The second-order valence-corrected chi connectivity index (χ2v) is 4.16. The predicted molar refractivity (Wildman–Crippen MR) is 46.3 cm³/mol. The first-order chi connectivity index (χ1) is 5.52. The average molecular weight is 225 g/mol. The molecule has 0 aliphatic carbocycles. The van der Waals surface area contributed by atoms with Gasteiger partial charge in [0.25, 0.3) is 5.78 Å². The van der Waals surface area contributed by atoms with Gasteiger partial charge in [-0.2, -0.15) is 0 Å². The number of hydrogen-bond donors (Lipinski definition) is 1. The molecule has 1 rings (SSSR count). The minimum atomic E-state index is -1.54. The number of rotatable bonds is 2. The molecule has 0 bridgehead atoms. The summed E-state index contributed by atoms with van der Waals surface area (Å²) in [5.41, 5.74) is -0.0563. The van der Waals surface area contributed by atoms with Crippen LogP contribution in [0.4, 0.5) is 0 Å². The van der Waals surface area contributed by atoms with Crippen LogP contribution in [-0.2, 0) is 4.79 Å². The first-order valence-electron chi connectivity index (χ1n) is 2.75. The number of carboxylic acids is 1. The molecule has 0 amide bonds. The van der Waals surface area contributed by atoms with Gasteiger partial charge in [0, 0.05) is 0 Å². The van der Waals surface area contributed by atoms with Crippen LogP contribution in [0.15, 0.2) is 6.07 Å². The highest BCUT2D eigenvalue weighted by Crippen LogP contribution is 2.31. The molecule has 0 fully saturated rings. The molecule has 0 radical (unpaired) electrons. The molecule has 0 aromatic carbocycles. The number of thiophene rings is 1. The van der Waals surface area contributed by atoms with Gasteiger partial charge in [-0.3, -0.25) is 4.79 Å². The molecule has 3 nitrogen and oxygen atoms in total. The maximum absolute atomic E-state index is 10.8. The zero-order chi connectivity index (χ0) is 9.30. The van der Waals surface area contributed by atoms with E-state index in [9.17, 15) is 9.59 Å². The van der Waals surface area contributed by atoms with Gasteiger partial charge < -0.3 is 5.11 Å². The van der Waals surface area contributed by atoms with Crippen LogP contribution >= 0.6 is 34.5 Å². The van der Waals surface area contributed by atoms with Gasteiger partial charge in [-0.05, 0) is 6.07 Å². The maximum atomic E-state index is 10.8. The van der Waals surface area contributed by atoms with Crippen LogP contribution in [0.3, 0.4) is 0 Å². The molecule has 0 saturated heterocycles. The Morgan fingerprint density at radius 1 is 1.42 bits per heavy atom. The molecule has 0 aliphatic rings.